The Morgan fingerprint density at radius 1 is 1.20 bits per heavy atom. The van der Waals surface area contributed by atoms with E-state index in [1.54, 1.807) is 0 Å². The number of thiocarbonyl (C=S) groups is 1. The number of halogens is 1. The summed E-state index contributed by atoms with van der Waals surface area (Å²) in [6.07, 6.45) is 0. The van der Waals surface area contributed by atoms with Gasteiger partial charge in [-0.15, -0.1) is 5.10 Å². The van der Waals surface area contributed by atoms with Crippen molar-refractivity contribution in [1.82, 2.24) is 10.2 Å². The summed E-state index contributed by atoms with van der Waals surface area (Å²) in [5.74, 6) is 0.582. The number of hydrogen-bond donors (Lipinski definition) is 2. The molecule has 2 aromatic rings. The molecule has 4 nitrogen and oxygen atoms in total. The van der Waals surface area contributed by atoms with E-state index in [0.717, 1.165) is 32.5 Å². The molecule has 0 atom stereocenters. The van der Waals surface area contributed by atoms with Crippen LogP contribution in [0.25, 0.3) is 0 Å². The van der Waals surface area contributed by atoms with Crippen LogP contribution in [-0.2, 0) is 0 Å². The number of benzene rings is 1. The van der Waals surface area contributed by atoms with Crippen LogP contribution in [0.3, 0.4) is 0 Å². The Balaban J connectivity index is 2.48. The van der Waals surface area contributed by atoms with Gasteiger partial charge in [-0.2, -0.15) is 5.10 Å². The molecule has 0 amide bonds. The molecule has 0 radical (unpaired) electrons. The van der Waals surface area contributed by atoms with E-state index in [-0.39, 0.29) is 0 Å². The summed E-state index contributed by atoms with van der Waals surface area (Å²) in [6.45, 7) is 5.85. The monoisotopic (exact) mass is 350 g/mol. The van der Waals surface area contributed by atoms with Crippen LogP contribution in [0.15, 0.2) is 22.7 Å². The fourth-order valence-corrected chi connectivity index (χ4v) is 2.80. The van der Waals surface area contributed by atoms with E-state index < -0.39 is 0 Å². The molecular weight excluding hydrogens is 336 g/mol. The highest BCUT2D eigenvalue weighted by molar-refractivity contribution is 9.10. The number of aromatic nitrogens is 2. The maximum atomic E-state index is 5.81. The Hall–Kier alpha value is -1.53. The van der Waals surface area contributed by atoms with Crippen LogP contribution in [0, 0.1) is 20.8 Å². The predicted molar refractivity (Wildman–Crippen MR) is 89.6 cm³/mol. The quantitative estimate of drug-likeness (QED) is 0.828. The number of rotatable bonds is 3. The standard InChI is InChI=1S/C14H15BrN4S/c1-7-4-10(15)6-11(5-7)17-14-12(13(16)20)8(2)9(3)18-19-14/h4-6H,1-3H3,(H2,16,20)(H,17,19). The SMILES string of the molecule is Cc1cc(Br)cc(Nc2nnc(C)c(C)c2C(N)=S)c1. The van der Waals surface area contributed by atoms with E-state index in [1.165, 1.54) is 0 Å². The van der Waals surface area contributed by atoms with Crippen molar-refractivity contribution in [1.29, 1.82) is 0 Å². The van der Waals surface area contributed by atoms with Gasteiger partial charge >= 0.3 is 0 Å². The summed E-state index contributed by atoms with van der Waals surface area (Å²) < 4.78 is 0.994. The lowest BCUT2D eigenvalue weighted by atomic mass is 10.1. The van der Waals surface area contributed by atoms with Gasteiger partial charge in [-0.05, 0) is 50.1 Å². The van der Waals surface area contributed by atoms with Gasteiger partial charge < -0.3 is 11.1 Å². The van der Waals surface area contributed by atoms with Crippen molar-refractivity contribution < 1.29 is 0 Å². The lowest BCUT2D eigenvalue weighted by molar-refractivity contribution is 0.963. The molecule has 0 fully saturated rings. The minimum atomic E-state index is 0.315. The highest BCUT2D eigenvalue weighted by Crippen LogP contribution is 2.25. The molecule has 0 unspecified atom stereocenters. The van der Waals surface area contributed by atoms with Crippen LogP contribution in [0.2, 0.25) is 0 Å². The van der Waals surface area contributed by atoms with E-state index in [4.69, 9.17) is 18.0 Å². The average Bonchev–Trinajstić information content (AvgIpc) is 2.32. The normalized spacial score (nSPS) is 10.4. The Morgan fingerprint density at radius 2 is 1.90 bits per heavy atom. The summed E-state index contributed by atoms with van der Waals surface area (Å²) >= 11 is 8.60. The molecule has 0 aliphatic heterocycles. The van der Waals surface area contributed by atoms with Crippen molar-refractivity contribution >= 4 is 44.6 Å². The number of hydrogen-bond acceptors (Lipinski definition) is 4. The lowest BCUT2D eigenvalue weighted by Gasteiger charge is -2.13. The van der Waals surface area contributed by atoms with Crippen molar-refractivity contribution in [3.63, 3.8) is 0 Å². The van der Waals surface area contributed by atoms with Crippen LogP contribution in [0.4, 0.5) is 11.5 Å². The lowest BCUT2D eigenvalue weighted by Crippen LogP contribution is -2.16. The van der Waals surface area contributed by atoms with Gasteiger partial charge in [-0.25, -0.2) is 0 Å². The van der Waals surface area contributed by atoms with E-state index in [0.29, 0.717) is 10.8 Å². The Morgan fingerprint density at radius 3 is 2.50 bits per heavy atom. The molecule has 1 heterocycles. The van der Waals surface area contributed by atoms with Gasteiger partial charge in [0.1, 0.15) is 4.99 Å². The molecule has 0 saturated carbocycles. The molecule has 0 spiro atoms. The molecule has 1 aromatic heterocycles. The van der Waals surface area contributed by atoms with Gasteiger partial charge in [-0.3, -0.25) is 0 Å². The zero-order valence-electron chi connectivity index (χ0n) is 11.5. The predicted octanol–water partition coefficient (Wildman–Crippen LogP) is 3.54. The van der Waals surface area contributed by atoms with Gasteiger partial charge in [0.05, 0.1) is 11.3 Å². The van der Waals surface area contributed by atoms with Crippen LogP contribution >= 0.6 is 28.1 Å². The Kier molecular flexibility index (Phi) is 4.35. The molecule has 3 N–H and O–H groups in total. The van der Waals surface area contributed by atoms with Gasteiger partial charge in [0.15, 0.2) is 5.82 Å². The molecule has 104 valence electrons. The fourth-order valence-electron chi connectivity index (χ4n) is 1.94. The van der Waals surface area contributed by atoms with Crippen molar-refractivity contribution in [3.8, 4) is 0 Å². The van der Waals surface area contributed by atoms with Gasteiger partial charge in [0.25, 0.3) is 0 Å². The maximum absolute atomic E-state index is 5.81. The molecule has 2 rings (SSSR count). The first kappa shape index (κ1) is 14.9. The largest absolute Gasteiger partial charge is 0.389 e. The van der Waals surface area contributed by atoms with E-state index in [2.05, 4.69) is 31.4 Å². The molecule has 6 heteroatoms. The number of nitrogens with one attached hydrogen (secondary N) is 1. The zero-order valence-corrected chi connectivity index (χ0v) is 13.9. The molecule has 0 aliphatic carbocycles. The van der Waals surface area contributed by atoms with Gasteiger partial charge in [-0.1, -0.05) is 28.1 Å². The molecule has 0 aliphatic rings. The third-order valence-electron chi connectivity index (χ3n) is 3.01. The smallest absolute Gasteiger partial charge is 0.163 e. The minimum Gasteiger partial charge on any atom is -0.389 e. The first-order valence-corrected chi connectivity index (χ1v) is 7.26. The van der Waals surface area contributed by atoms with E-state index >= 15 is 0 Å². The van der Waals surface area contributed by atoms with Gasteiger partial charge in [0.2, 0.25) is 0 Å². The number of aryl methyl sites for hydroxylation is 2. The second-order valence-electron chi connectivity index (χ2n) is 4.64. The third kappa shape index (κ3) is 3.13. The maximum Gasteiger partial charge on any atom is 0.163 e. The molecule has 1 aromatic carbocycles. The van der Waals surface area contributed by atoms with Crippen molar-refractivity contribution in [2.24, 2.45) is 5.73 Å². The number of anilines is 2. The van der Waals surface area contributed by atoms with Crippen LogP contribution in [-0.4, -0.2) is 15.2 Å². The molecular formula is C14H15BrN4S. The summed E-state index contributed by atoms with van der Waals surface area (Å²) in [7, 11) is 0. The summed E-state index contributed by atoms with van der Waals surface area (Å²) in [6, 6.07) is 6.02. The molecule has 0 bridgehead atoms. The average molecular weight is 351 g/mol. The first-order valence-electron chi connectivity index (χ1n) is 6.06. The molecule has 0 saturated heterocycles. The number of nitrogens with two attached hydrogens (primary N) is 1. The van der Waals surface area contributed by atoms with Crippen LogP contribution in [0.5, 0.6) is 0 Å². The summed E-state index contributed by atoms with van der Waals surface area (Å²) in [5.41, 5.74) is 10.4. The Bertz CT molecular complexity index is 665. The topological polar surface area (TPSA) is 63.8 Å². The van der Waals surface area contributed by atoms with Crippen molar-refractivity contribution in [2.75, 3.05) is 5.32 Å². The first-order chi connectivity index (χ1) is 9.38. The van der Waals surface area contributed by atoms with Crippen LogP contribution < -0.4 is 11.1 Å². The summed E-state index contributed by atoms with van der Waals surface area (Å²) in [4.78, 5) is 0.315. The Labute approximate surface area is 131 Å². The summed E-state index contributed by atoms with van der Waals surface area (Å²) in [5, 5.41) is 11.5. The highest BCUT2D eigenvalue weighted by atomic mass is 79.9. The van der Waals surface area contributed by atoms with Gasteiger partial charge in [0, 0.05) is 10.2 Å². The fraction of sp³-hybridized carbons (Fsp3) is 0.214. The van der Waals surface area contributed by atoms with E-state index in [1.807, 2.05) is 39.0 Å². The second kappa shape index (κ2) is 5.85. The van der Waals surface area contributed by atoms with E-state index in [9.17, 15) is 0 Å². The molecule has 20 heavy (non-hydrogen) atoms. The second-order valence-corrected chi connectivity index (χ2v) is 6.00. The van der Waals surface area contributed by atoms with Crippen molar-refractivity contribution in [2.45, 2.75) is 20.8 Å². The minimum absolute atomic E-state index is 0.315. The number of nitrogens with zero attached hydrogens (tertiary/aromatic N) is 2. The zero-order chi connectivity index (χ0) is 14.9. The highest BCUT2D eigenvalue weighted by Gasteiger charge is 2.14. The van der Waals surface area contributed by atoms with Crippen molar-refractivity contribution in [3.05, 3.63) is 45.1 Å². The third-order valence-corrected chi connectivity index (χ3v) is 3.67. The van der Waals surface area contributed by atoms with Crippen LogP contribution in [0.1, 0.15) is 22.4 Å².